The molecule has 0 fully saturated rings. The number of hydrogen-bond donors (Lipinski definition) is 1. The fourth-order valence-corrected chi connectivity index (χ4v) is 3.05. The first-order valence-electron chi connectivity index (χ1n) is 7.30. The highest BCUT2D eigenvalue weighted by Gasteiger charge is 2.36. The normalized spacial score (nSPS) is 13.0. The van der Waals surface area contributed by atoms with Crippen LogP contribution in [0, 0.1) is 0 Å². The third-order valence-electron chi connectivity index (χ3n) is 4.36. The first kappa shape index (κ1) is 16.1. The molecule has 116 valence electrons. The van der Waals surface area contributed by atoms with Crippen LogP contribution in [-0.2, 0) is 17.6 Å². The monoisotopic (exact) mass is 307 g/mol. The largest absolute Gasteiger partial charge is 0.415 e. The molecule has 0 amide bonds. The lowest BCUT2D eigenvalue weighted by atomic mass is 10.2. The summed E-state index contributed by atoms with van der Waals surface area (Å²) in [6, 6.07) is 1.92. The standard InChI is InChI=1S/C15H25N3O2Si/c1-15(2,3)21(4,5)20-9-8-18-13-6-7-16-10-12(13)17-14(18)11-19/h6-7,10,19H,8-9,11H2,1-5H3. The molecule has 2 rings (SSSR count). The molecule has 0 aliphatic rings. The Morgan fingerprint density at radius 2 is 2.05 bits per heavy atom. The van der Waals surface area contributed by atoms with E-state index in [1.54, 1.807) is 12.4 Å². The lowest BCUT2D eigenvalue weighted by molar-refractivity contribution is 0.248. The number of aliphatic hydroxyl groups is 1. The van der Waals surface area contributed by atoms with E-state index in [0.717, 1.165) is 11.0 Å². The van der Waals surface area contributed by atoms with E-state index in [-0.39, 0.29) is 11.6 Å². The van der Waals surface area contributed by atoms with Crippen LogP contribution >= 0.6 is 0 Å². The summed E-state index contributed by atoms with van der Waals surface area (Å²) in [5.74, 6) is 0.664. The molecule has 5 nitrogen and oxygen atoms in total. The Morgan fingerprint density at radius 3 is 2.67 bits per heavy atom. The van der Waals surface area contributed by atoms with Crippen LogP contribution in [0.1, 0.15) is 26.6 Å². The third-order valence-corrected chi connectivity index (χ3v) is 8.89. The minimum Gasteiger partial charge on any atom is -0.415 e. The van der Waals surface area contributed by atoms with Crippen LogP contribution in [0.5, 0.6) is 0 Å². The lowest BCUT2D eigenvalue weighted by Crippen LogP contribution is -2.41. The molecule has 0 unspecified atom stereocenters. The van der Waals surface area contributed by atoms with Gasteiger partial charge in [0.05, 0.1) is 18.3 Å². The molecule has 0 aromatic carbocycles. The summed E-state index contributed by atoms with van der Waals surface area (Å²) < 4.78 is 8.23. The minimum atomic E-state index is -1.74. The molecule has 2 heterocycles. The maximum absolute atomic E-state index is 9.47. The number of aromatic nitrogens is 3. The topological polar surface area (TPSA) is 60.2 Å². The zero-order chi connectivity index (χ0) is 15.7. The van der Waals surface area contributed by atoms with Crippen LogP contribution in [0.25, 0.3) is 11.0 Å². The van der Waals surface area contributed by atoms with Crippen LogP contribution in [0.4, 0.5) is 0 Å². The van der Waals surface area contributed by atoms with Gasteiger partial charge in [-0.2, -0.15) is 0 Å². The summed E-state index contributed by atoms with van der Waals surface area (Å²) in [5, 5.41) is 9.67. The molecule has 0 saturated heterocycles. The number of rotatable bonds is 5. The number of fused-ring (bicyclic) bond motifs is 1. The first-order valence-corrected chi connectivity index (χ1v) is 10.2. The summed E-state index contributed by atoms with van der Waals surface area (Å²) in [7, 11) is -1.74. The predicted molar refractivity (Wildman–Crippen MR) is 86.6 cm³/mol. The van der Waals surface area contributed by atoms with Crippen LogP contribution < -0.4 is 0 Å². The highest BCUT2D eigenvalue weighted by Crippen LogP contribution is 2.36. The Morgan fingerprint density at radius 1 is 1.33 bits per heavy atom. The van der Waals surface area contributed by atoms with Gasteiger partial charge in [-0.25, -0.2) is 4.98 Å². The van der Waals surface area contributed by atoms with Crippen LogP contribution in [0.15, 0.2) is 18.5 Å². The van der Waals surface area contributed by atoms with E-state index in [9.17, 15) is 5.11 Å². The maximum Gasteiger partial charge on any atom is 0.192 e. The fraction of sp³-hybridized carbons (Fsp3) is 0.600. The number of hydrogen-bond acceptors (Lipinski definition) is 4. The van der Waals surface area contributed by atoms with Crippen molar-refractivity contribution in [2.45, 2.75) is 52.1 Å². The predicted octanol–water partition coefficient (Wildman–Crippen LogP) is 2.95. The molecule has 6 heteroatoms. The maximum atomic E-state index is 9.47. The second-order valence-electron chi connectivity index (χ2n) is 6.81. The van der Waals surface area contributed by atoms with Gasteiger partial charge in [0.25, 0.3) is 0 Å². The van der Waals surface area contributed by atoms with Gasteiger partial charge < -0.3 is 14.1 Å². The molecule has 0 saturated carbocycles. The lowest BCUT2D eigenvalue weighted by Gasteiger charge is -2.36. The molecule has 0 aliphatic carbocycles. The van der Waals surface area contributed by atoms with Gasteiger partial charge in [0.2, 0.25) is 0 Å². The van der Waals surface area contributed by atoms with E-state index in [1.807, 2.05) is 10.6 Å². The van der Waals surface area contributed by atoms with Crippen molar-refractivity contribution < 1.29 is 9.53 Å². The molecule has 0 bridgehead atoms. The molecule has 0 aliphatic heterocycles. The summed E-state index contributed by atoms with van der Waals surface area (Å²) in [5.41, 5.74) is 1.81. The molecule has 0 spiro atoms. The third kappa shape index (κ3) is 3.33. The average molecular weight is 307 g/mol. The second kappa shape index (κ2) is 5.86. The van der Waals surface area contributed by atoms with Crippen molar-refractivity contribution in [3.05, 3.63) is 24.3 Å². The van der Waals surface area contributed by atoms with Crippen LogP contribution in [-0.4, -0.2) is 34.6 Å². The van der Waals surface area contributed by atoms with Crippen LogP contribution in [0.3, 0.4) is 0 Å². The van der Waals surface area contributed by atoms with Gasteiger partial charge in [-0.05, 0) is 24.2 Å². The smallest absolute Gasteiger partial charge is 0.192 e. The van der Waals surface area contributed by atoms with E-state index in [4.69, 9.17) is 4.43 Å². The summed E-state index contributed by atoms with van der Waals surface area (Å²) in [6.45, 7) is 12.4. The Balaban J connectivity index is 2.14. The molecule has 0 radical (unpaired) electrons. The van der Waals surface area contributed by atoms with E-state index in [0.29, 0.717) is 19.0 Å². The van der Waals surface area contributed by atoms with Gasteiger partial charge in [-0.3, -0.25) is 4.98 Å². The van der Waals surface area contributed by atoms with Gasteiger partial charge in [-0.15, -0.1) is 0 Å². The molecule has 0 atom stereocenters. The van der Waals surface area contributed by atoms with Gasteiger partial charge >= 0.3 is 0 Å². The van der Waals surface area contributed by atoms with Crippen molar-refractivity contribution in [2.75, 3.05) is 6.61 Å². The molecule has 2 aromatic rings. The molecule has 1 N–H and O–H groups in total. The SMILES string of the molecule is CC(C)(C)[Si](C)(C)OCCn1c(CO)nc2cnccc21. The summed E-state index contributed by atoms with van der Waals surface area (Å²) >= 11 is 0. The van der Waals surface area contributed by atoms with E-state index in [2.05, 4.69) is 43.8 Å². The van der Waals surface area contributed by atoms with Gasteiger partial charge in [-0.1, -0.05) is 20.8 Å². The van der Waals surface area contributed by atoms with Gasteiger partial charge in [0.15, 0.2) is 8.32 Å². The Bertz CT molecular complexity index is 617. The van der Waals surface area contributed by atoms with Gasteiger partial charge in [0, 0.05) is 12.7 Å². The highest BCUT2D eigenvalue weighted by molar-refractivity contribution is 6.74. The number of aliphatic hydroxyl groups excluding tert-OH is 1. The van der Waals surface area contributed by atoms with E-state index < -0.39 is 8.32 Å². The van der Waals surface area contributed by atoms with Crippen molar-refractivity contribution >= 4 is 19.4 Å². The average Bonchev–Trinajstić information content (AvgIpc) is 2.75. The molecular weight excluding hydrogens is 282 g/mol. The van der Waals surface area contributed by atoms with E-state index >= 15 is 0 Å². The fourth-order valence-electron chi connectivity index (χ4n) is 2.01. The summed E-state index contributed by atoms with van der Waals surface area (Å²) in [6.07, 6.45) is 3.47. The van der Waals surface area contributed by atoms with Gasteiger partial charge in [0.1, 0.15) is 17.9 Å². The summed E-state index contributed by atoms with van der Waals surface area (Å²) in [4.78, 5) is 8.47. The number of nitrogens with zero attached hydrogens (tertiary/aromatic N) is 3. The Labute approximate surface area is 127 Å². The van der Waals surface area contributed by atoms with Crippen molar-refractivity contribution in [1.82, 2.24) is 14.5 Å². The number of pyridine rings is 1. The molecular formula is C15H25N3O2Si. The highest BCUT2D eigenvalue weighted by atomic mass is 28.4. The quantitative estimate of drug-likeness (QED) is 0.863. The van der Waals surface area contributed by atoms with Crippen molar-refractivity contribution in [3.8, 4) is 0 Å². The Hall–Kier alpha value is -1.24. The zero-order valence-corrected chi connectivity index (χ0v) is 14.6. The Kier molecular flexibility index (Phi) is 4.51. The van der Waals surface area contributed by atoms with Crippen molar-refractivity contribution in [3.63, 3.8) is 0 Å². The molecule has 2 aromatic heterocycles. The second-order valence-corrected chi connectivity index (χ2v) is 11.6. The zero-order valence-electron chi connectivity index (χ0n) is 13.6. The van der Waals surface area contributed by atoms with E-state index in [1.165, 1.54) is 0 Å². The first-order chi connectivity index (χ1) is 9.76. The van der Waals surface area contributed by atoms with Crippen molar-refractivity contribution in [1.29, 1.82) is 0 Å². The minimum absolute atomic E-state index is 0.0746. The van der Waals surface area contributed by atoms with Crippen LogP contribution in [0.2, 0.25) is 18.1 Å². The van der Waals surface area contributed by atoms with Crippen molar-refractivity contribution in [2.24, 2.45) is 0 Å². The number of imidazole rings is 1. The molecule has 21 heavy (non-hydrogen) atoms.